The predicted octanol–water partition coefficient (Wildman–Crippen LogP) is 4.91. The number of nitrogens with zero attached hydrogens (tertiary/aromatic N) is 1. The summed E-state index contributed by atoms with van der Waals surface area (Å²) in [7, 11) is 0. The van der Waals surface area contributed by atoms with Gasteiger partial charge in [-0.1, -0.05) is 26.0 Å². The minimum absolute atomic E-state index is 0.0346. The first kappa shape index (κ1) is 21.8. The summed E-state index contributed by atoms with van der Waals surface area (Å²) in [5, 5.41) is 16.2. The number of para-hydroxylation sites is 2. The molecule has 0 bridgehead atoms. The molecule has 2 aromatic carbocycles. The molecule has 1 amide bonds. The van der Waals surface area contributed by atoms with E-state index >= 15 is 0 Å². The maximum Gasteiger partial charge on any atom is 0.292 e. The molecule has 0 aliphatic carbocycles. The van der Waals surface area contributed by atoms with Crippen LogP contribution in [0, 0.1) is 16.0 Å². The highest BCUT2D eigenvalue weighted by molar-refractivity contribution is 9.10. The lowest BCUT2D eigenvalue weighted by molar-refractivity contribution is -0.383. The third kappa shape index (κ3) is 6.28. The number of nitro benzene ring substituents is 1. The average molecular weight is 466 g/mol. The molecule has 0 aliphatic rings. The lowest BCUT2D eigenvalue weighted by Gasteiger charge is -2.12. The third-order valence-electron chi connectivity index (χ3n) is 3.72. The third-order valence-corrected chi connectivity index (χ3v) is 4.55. The summed E-state index contributed by atoms with van der Waals surface area (Å²) in [5.41, 5.74) is 0.437. The van der Waals surface area contributed by atoms with Crippen LogP contribution < -0.4 is 15.4 Å². The minimum Gasteiger partial charge on any atom is -0.492 e. The first-order chi connectivity index (χ1) is 13.3. The number of rotatable bonds is 7. The van der Waals surface area contributed by atoms with Gasteiger partial charge < -0.3 is 10.1 Å². The first-order valence-corrected chi connectivity index (χ1v) is 9.76. The van der Waals surface area contributed by atoms with Crippen LogP contribution in [0.5, 0.6) is 5.75 Å². The van der Waals surface area contributed by atoms with Gasteiger partial charge in [-0.3, -0.25) is 20.2 Å². The molecule has 0 atom stereocenters. The van der Waals surface area contributed by atoms with Crippen molar-refractivity contribution in [2.75, 3.05) is 11.9 Å². The number of ether oxygens (including phenoxy) is 1. The molecule has 2 aromatic rings. The van der Waals surface area contributed by atoms with E-state index in [-0.39, 0.29) is 16.5 Å². The van der Waals surface area contributed by atoms with Crippen molar-refractivity contribution >= 4 is 50.5 Å². The quantitative estimate of drug-likeness (QED) is 0.342. The van der Waals surface area contributed by atoms with Gasteiger partial charge in [-0.2, -0.15) is 0 Å². The highest BCUT2D eigenvalue weighted by atomic mass is 79.9. The fourth-order valence-electron chi connectivity index (χ4n) is 2.23. The summed E-state index contributed by atoms with van der Waals surface area (Å²) < 4.78 is 6.35. The Morgan fingerprint density at radius 1 is 1.29 bits per heavy atom. The van der Waals surface area contributed by atoms with Gasteiger partial charge in [0.15, 0.2) is 5.11 Å². The SMILES string of the molecule is CC(C)CCOc1ccc(C(=O)NC(=S)Nc2ccccc2[N+](=O)[O-])cc1Br. The van der Waals surface area contributed by atoms with Crippen LogP contribution >= 0.6 is 28.1 Å². The molecule has 0 radical (unpaired) electrons. The van der Waals surface area contributed by atoms with E-state index < -0.39 is 10.8 Å². The Morgan fingerprint density at radius 2 is 2.00 bits per heavy atom. The van der Waals surface area contributed by atoms with Gasteiger partial charge in [-0.25, -0.2) is 0 Å². The fraction of sp³-hybridized carbons (Fsp3) is 0.263. The van der Waals surface area contributed by atoms with Crippen molar-refractivity contribution in [2.24, 2.45) is 5.92 Å². The number of carbonyl (C=O) groups is 1. The van der Waals surface area contributed by atoms with Crippen molar-refractivity contribution in [1.29, 1.82) is 0 Å². The van der Waals surface area contributed by atoms with Crippen LogP contribution in [0.1, 0.15) is 30.6 Å². The van der Waals surface area contributed by atoms with Gasteiger partial charge in [0, 0.05) is 11.6 Å². The number of amides is 1. The molecule has 0 spiro atoms. The van der Waals surface area contributed by atoms with Gasteiger partial charge in [0.1, 0.15) is 11.4 Å². The monoisotopic (exact) mass is 465 g/mol. The van der Waals surface area contributed by atoms with Crippen LogP contribution in [0.4, 0.5) is 11.4 Å². The Kier molecular flexibility index (Phi) is 7.89. The molecule has 7 nitrogen and oxygen atoms in total. The largest absolute Gasteiger partial charge is 0.492 e. The van der Waals surface area contributed by atoms with Gasteiger partial charge in [-0.05, 0) is 64.8 Å². The summed E-state index contributed by atoms with van der Waals surface area (Å²) in [6, 6.07) is 11.0. The highest BCUT2D eigenvalue weighted by Gasteiger charge is 2.15. The number of carbonyl (C=O) groups excluding carboxylic acids is 1. The van der Waals surface area contributed by atoms with Crippen LogP contribution in [-0.4, -0.2) is 22.5 Å². The minimum atomic E-state index is -0.526. The predicted molar refractivity (Wildman–Crippen MR) is 116 cm³/mol. The molecular weight excluding hydrogens is 446 g/mol. The van der Waals surface area contributed by atoms with E-state index in [1.807, 2.05) is 0 Å². The van der Waals surface area contributed by atoms with Crippen LogP contribution in [0.25, 0.3) is 0 Å². The Morgan fingerprint density at radius 3 is 2.64 bits per heavy atom. The van der Waals surface area contributed by atoms with E-state index in [0.717, 1.165) is 6.42 Å². The van der Waals surface area contributed by atoms with Gasteiger partial charge in [0.2, 0.25) is 0 Å². The standard InChI is InChI=1S/C19H20BrN3O4S/c1-12(2)9-10-27-17-8-7-13(11-14(17)20)18(24)22-19(28)21-15-5-3-4-6-16(15)23(25)26/h3-8,11-12H,9-10H2,1-2H3,(H2,21,22,24,28). The van der Waals surface area contributed by atoms with Crippen LogP contribution in [-0.2, 0) is 0 Å². The van der Waals surface area contributed by atoms with E-state index in [1.165, 1.54) is 12.1 Å². The number of nitrogens with one attached hydrogen (secondary N) is 2. The van der Waals surface area contributed by atoms with Crippen LogP contribution in [0.3, 0.4) is 0 Å². The summed E-state index contributed by atoms with van der Waals surface area (Å²) in [5.74, 6) is 0.751. The van der Waals surface area contributed by atoms with Gasteiger partial charge in [-0.15, -0.1) is 0 Å². The van der Waals surface area contributed by atoms with E-state index in [4.69, 9.17) is 17.0 Å². The average Bonchev–Trinajstić information content (AvgIpc) is 2.62. The van der Waals surface area contributed by atoms with Crippen LogP contribution in [0.2, 0.25) is 0 Å². The summed E-state index contributed by atoms with van der Waals surface area (Å²) in [4.78, 5) is 22.9. The number of benzene rings is 2. The second-order valence-corrected chi connectivity index (χ2v) is 7.62. The summed E-state index contributed by atoms with van der Waals surface area (Å²) in [6.45, 7) is 4.82. The van der Waals surface area contributed by atoms with Crippen molar-refractivity contribution < 1.29 is 14.5 Å². The summed E-state index contributed by atoms with van der Waals surface area (Å²) in [6.07, 6.45) is 0.931. The number of hydrogen-bond donors (Lipinski definition) is 2. The number of thiocarbonyl (C=S) groups is 1. The maximum atomic E-state index is 12.4. The maximum absolute atomic E-state index is 12.4. The molecule has 0 heterocycles. The smallest absolute Gasteiger partial charge is 0.292 e. The lowest BCUT2D eigenvalue weighted by Crippen LogP contribution is -2.34. The molecule has 0 aromatic heterocycles. The molecule has 2 rings (SSSR count). The second-order valence-electron chi connectivity index (χ2n) is 6.36. The molecule has 28 heavy (non-hydrogen) atoms. The van der Waals surface area contributed by atoms with Gasteiger partial charge >= 0.3 is 0 Å². The Balaban J connectivity index is 2.00. The first-order valence-electron chi connectivity index (χ1n) is 8.56. The number of halogens is 1. The zero-order valence-corrected chi connectivity index (χ0v) is 17.8. The van der Waals surface area contributed by atoms with Gasteiger partial charge in [0.25, 0.3) is 11.6 Å². The summed E-state index contributed by atoms with van der Waals surface area (Å²) >= 11 is 8.50. The molecule has 0 aliphatic heterocycles. The number of nitro groups is 1. The van der Waals surface area contributed by atoms with Crippen LogP contribution in [0.15, 0.2) is 46.9 Å². The van der Waals surface area contributed by atoms with Gasteiger partial charge in [0.05, 0.1) is 16.0 Å². The normalized spacial score (nSPS) is 10.4. The highest BCUT2D eigenvalue weighted by Crippen LogP contribution is 2.27. The zero-order valence-electron chi connectivity index (χ0n) is 15.4. The van der Waals surface area contributed by atoms with Crippen molar-refractivity contribution in [2.45, 2.75) is 20.3 Å². The molecular formula is C19H20BrN3O4S. The molecule has 0 saturated carbocycles. The molecule has 9 heteroatoms. The topological polar surface area (TPSA) is 93.5 Å². The Labute approximate surface area is 176 Å². The Hall–Kier alpha value is -2.52. The lowest BCUT2D eigenvalue weighted by atomic mass is 10.1. The zero-order chi connectivity index (χ0) is 20.7. The molecule has 148 valence electrons. The van der Waals surface area contributed by atoms with E-state index in [2.05, 4.69) is 40.4 Å². The van der Waals surface area contributed by atoms with E-state index in [9.17, 15) is 14.9 Å². The van der Waals surface area contributed by atoms with Crippen molar-refractivity contribution in [1.82, 2.24) is 5.32 Å². The van der Waals surface area contributed by atoms with E-state index in [0.29, 0.717) is 28.3 Å². The van der Waals surface area contributed by atoms with Crippen molar-refractivity contribution in [3.05, 3.63) is 62.6 Å². The molecule has 0 fully saturated rings. The van der Waals surface area contributed by atoms with Crippen molar-refractivity contribution in [3.63, 3.8) is 0 Å². The van der Waals surface area contributed by atoms with Crippen molar-refractivity contribution in [3.8, 4) is 5.75 Å². The number of hydrogen-bond acceptors (Lipinski definition) is 5. The molecule has 0 saturated heterocycles. The second kappa shape index (κ2) is 10.1. The number of anilines is 1. The molecule has 2 N–H and O–H groups in total. The fourth-order valence-corrected chi connectivity index (χ4v) is 2.93. The Bertz CT molecular complexity index is 889. The molecule has 0 unspecified atom stereocenters. The van der Waals surface area contributed by atoms with E-state index in [1.54, 1.807) is 30.3 Å².